The largest absolute Gasteiger partial charge is 0.394 e. The number of nitrogens with one attached hydrogen (secondary N) is 1. The van der Waals surface area contributed by atoms with E-state index in [1.54, 1.807) is 11.9 Å². The first-order valence-electron chi connectivity index (χ1n) is 4.72. The Labute approximate surface area is 92.4 Å². The Kier molecular flexibility index (Phi) is 2.82. The molecule has 0 bridgehead atoms. The van der Waals surface area contributed by atoms with Crippen molar-refractivity contribution in [3.8, 4) is 0 Å². The third-order valence-corrected chi connectivity index (χ3v) is 3.30. The average molecular weight is 234 g/mol. The first-order chi connectivity index (χ1) is 7.06. The van der Waals surface area contributed by atoms with Crippen LogP contribution in [0.3, 0.4) is 0 Å². The summed E-state index contributed by atoms with van der Waals surface area (Å²) in [7, 11) is 1.73. The summed E-state index contributed by atoms with van der Waals surface area (Å²) in [5.41, 5.74) is 0. The summed E-state index contributed by atoms with van der Waals surface area (Å²) >= 11 is 5.00. The molecular weight excluding hydrogens is 220 g/mol. The standard InChI is InChI=1S/C8H14N2O4S/c1-10-7-4(9-8(10)15)6(13)5(12)3(2-11)14-7/h3-7,11-13H,2H2,1H3,(H,9,15)/t3-,4+,5+,6-,7+/m0/s1. The highest BCUT2D eigenvalue weighted by molar-refractivity contribution is 7.80. The molecule has 0 aromatic heterocycles. The molecule has 0 unspecified atom stereocenters. The van der Waals surface area contributed by atoms with Gasteiger partial charge in [-0.1, -0.05) is 0 Å². The number of likely N-dealkylation sites (N-methyl/N-ethyl adjacent to an activating group) is 1. The van der Waals surface area contributed by atoms with Gasteiger partial charge in [0, 0.05) is 7.05 Å². The van der Waals surface area contributed by atoms with Gasteiger partial charge in [-0.15, -0.1) is 0 Å². The molecular formula is C8H14N2O4S. The molecule has 6 nitrogen and oxygen atoms in total. The van der Waals surface area contributed by atoms with Crippen molar-refractivity contribution >= 4 is 17.3 Å². The molecule has 0 aromatic rings. The highest BCUT2D eigenvalue weighted by Crippen LogP contribution is 2.26. The van der Waals surface area contributed by atoms with Crippen molar-refractivity contribution in [1.82, 2.24) is 10.2 Å². The molecule has 7 heteroatoms. The fourth-order valence-electron chi connectivity index (χ4n) is 1.95. The molecule has 5 atom stereocenters. The van der Waals surface area contributed by atoms with Gasteiger partial charge in [-0.05, 0) is 12.2 Å². The number of thiocarbonyl (C=S) groups is 1. The van der Waals surface area contributed by atoms with Gasteiger partial charge in [-0.25, -0.2) is 0 Å². The molecule has 2 heterocycles. The molecule has 86 valence electrons. The lowest BCUT2D eigenvalue weighted by Gasteiger charge is -2.39. The van der Waals surface area contributed by atoms with Crippen LogP contribution in [0.1, 0.15) is 0 Å². The summed E-state index contributed by atoms with van der Waals surface area (Å²) in [5, 5.41) is 31.7. The number of aliphatic hydroxyl groups is 3. The highest BCUT2D eigenvalue weighted by atomic mass is 32.1. The van der Waals surface area contributed by atoms with E-state index in [1.807, 2.05) is 0 Å². The second-order valence-corrected chi connectivity index (χ2v) is 4.20. The van der Waals surface area contributed by atoms with Crippen molar-refractivity contribution in [2.24, 2.45) is 0 Å². The van der Waals surface area contributed by atoms with Crippen LogP contribution in [0.4, 0.5) is 0 Å². The van der Waals surface area contributed by atoms with E-state index in [9.17, 15) is 10.2 Å². The van der Waals surface area contributed by atoms with Crippen LogP contribution in [0.5, 0.6) is 0 Å². The summed E-state index contributed by atoms with van der Waals surface area (Å²) in [6.07, 6.45) is -3.30. The summed E-state index contributed by atoms with van der Waals surface area (Å²) in [6.45, 7) is -0.331. The summed E-state index contributed by atoms with van der Waals surface area (Å²) < 4.78 is 5.44. The van der Waals surface area contributed by atoms with Gasteiger partial charge in [-0.3, -0.25) is 0 Å². The molecule has 2 rings (SSSR count). The molecule has 0 aromatic carbocycles. The molecule has 0 aliphatic carbocycles. The number of rotatable bonds is 1. The summed E-state index contributed by atoms with van der Waals surface area (Å²) in [5.74, 6) is 0. The molecule has 15 heavy (non-hydrogen) atoms. The van der Waals surface area contributed by atoms with E-state index in [-0.39, 0.29) is 6.61 Å². The molecule has 0 radical (unpaired) electrons. The van der Waals surface area contributed by atoms with E-state index in [2.05, 4.69) is 5.32 Å². The van der Waals surface area contributed by atoms with Gasteiger partial charge in [0.15, 0.2) is 11.3 Å². The van der Waals surface area contributed by atoms with Crippen molar-refractivity contribution in [2.75, 3.05) is 13.7 Å². The Balaban J connectivity index is 2.19. The zero-order valence-corrected chi connectivity index (χ0v) is 9.02. The van der Waals surface area contributed by atoms with E-state index in [0.29, 0.717) is 5.11 Å². The topological polar surface area (TPSA) is 85.2 Å². The Hall–Kier alpha value is -0.470. The van der Waals surface area contributed by atoms with E-state index in [1.165, 1.54) is 0 Å². The van der Waals surface area contributed by atoms with Gasteiger partial charge >= 0.3 is 0 Å². The average Bonchev–Trinajstić information content (AvgIpc) is 2.50. The van der Waals surface area contributed by atoms with E-state index in [4.69, 9.17) is 22.1 Å². The number of fused-ring (bicyclic) bond motifs is 1. The Morgan fingerprint density at radius 1 is 1.47 bits per heavy atom. The lowest BCUT2D eigenvalue weighted by Crippen LogP contribution is -2.61. The van der Waals surface area contributed by atoms with Gasteiger partial charge in [0.1, 0.15) is 24.4 Å². The van der Waals surface area contributed by atoms with Crippen LogP contribution in [0.2, 0.25) is 0 Å². The normalized spacial score (nSPS) is 45.2. The van der Waals surface area contributed by atoms with Crippen molar-refractivity contribution in [3.05, 3.63) is 0 Å². The lowest BCUT2D eigenvalue weighted by atomic mass is 9.97. The summed E-state index contributed by atoms with van der Waals surface area (Å²) in [4.78, 5) is 1.66. The molecule has 2 saturated heterocycles. The smallest absolute Gasteiger partial charge is 0.171 e. The van der Waals surface area contributed by atoms with Crippen LogP contribution < -0.4 is 5.32 Å². The monoisotopic (exact) mass is 234 g/mol. The van der Waals surface area contributed by atoms with Crippen LogP contribution in [0.15, 0.2) is 0 Å². The maximum atomic E-state index is 9.80. The third-order valence-electron chi connectivity index (χ3n) is 2.89. The zero-order valence-electron chi connectivity index (χ0n) is 8.20. The number of ether oxygens (including phenoxy) is 1. The Bertz CT molecular complexity index is 277. The van der Waals surface area contributed by atoms with Crippen LogP contribution in [0, 0.1) is 0 Å². The quantitative estimate of drug-likeness (QED) is 0.377. The maximum Gasteiger partial charge on any atom is 0.171 e. The van der Waals surface area contributed by atoms with Gasteiger partial charge in [-0.2, -0.15) is 0 Å². The minimum absolute atomic E-state index is 0.331. The number of hydrogen-bond acceptors (Lipinski definition) is 5. The molecule has 4 N–H and O–H groups in total. The van der Waals surface area contributed by atoms with Crippen molar-refractivity contribution < 1.29 is 20.1 Å². The fourth-order valence-corrected chi connectivity index (χ4v) is 2.19. The van der Waals surface area contributed by atoms with E-state index >= 15 is 0 Å². The second-order valence-electron chi connectivity index (χ2n) is 3.82. The molecule has 2 fully saturated rings. The SMILES string of the molecule is CN1C(=S)N[C@@H]2[C@H](O)[C@H](O)[C@H](CO)O[C@H]21. The molecule has 2 aliphatic heterocycles. The molecule has 2 aliphatic rings. The van der Waals surface area contributed by atoms with Crippen molar-refractivity contribution in [3.63, 3.8) is 0 Å². The molecule has 0 saturated carbocycles. The van der Waals surface area contributed by atoms with Gasteiger partial charge in [0.25, 0.3) is 0 Å². The summed E-state index contributed by atoms with van der Waals surface area (Å²) in [6, 6.07) is -0.444. The van der Waals surface area contributed by atoms with Crippen LogP contribution in [-0.2, 0) is 4.74 Å². The van der Waals surface area contributed by atoms with E-state index in [0.717, 1.165) is 0 Å². The van der Waals surface area contributed by atoms with Gasteiger partial charge in [0.2, 0.25) is 0 Å². The van der Waals surface area contributed by atoms with Crippen molar-refractivity contribution in [2.45, 2.75) is 30.6 Å². The number of aliphatic hydroxyl groups excluding tert-OH is 3. The number of hydrogen-bond donors (Lipinski definition) is 4. The minimum atomic E-state index is -1.10. The van der Waals surface area contributed by atoms with Crippen LogP contribution >= 0.6 is 12.2 Å². The minimum Gasteiger partial charge on any atom is -0.394 e. The Morgan fingerprint density at radius 2 is 2.13 bits per heavy atom. The first kappa shape index (κ1) is 11.0. The lowest BCUT2D eigenvalue weighted by molar-refractivity contribution is -0.207. The molecule has 0 spiro atoms. The number of nitrogens with zero attached hydrogens (tertiary/aromatic N) is 1. The fraction of sp³-hybridized carbons (Fsp3) is 0.875. The zero-order chi connectivity index (χ0) is 11.2. The van der Waals surface area contributed by atoms with Gasteiger partial charge in [0.05, 0.1) is 6.61 Å². The second kappa shape index (κ2) is 3.84. The van der Waals surface area contributed by atoms with Crippen LogP contribution in [-0.4, -0.2) is 69.6 Å². The van der Waals surface area contributed by atoms with Gasteiger partial charge < -0.3 is 30.3 Å². The van der Waals surface area contributed by atoms with Crippen molar-refractivity contribution in [1.29, 1.82) is 0 Å². The van der Waals surface area contributed by atoms with E-state index < -0.39 is 30.6 Å². The predicted molar refractivity (Wildman–Crippen MR) is 55.0 cm³/mol. The first-order valence-corrected chi connectivity index (χ1v) is 5.13. The predicted octanol–water partition coefficient (Wildman–Crippen LogP) is -2.39. The van der Waals surface area contributed by atoms with Crippen LogP contribution in [0.25, 0.3) is 0 Å². The third kappa shape index (κ3) is 1.60. The molecule has 0 amide bonds. The maximum absolute atomic E-state index is 9.80. The Morgan fingerprint density at radius 3 is 2.73 bits per heavy atom. The highest BCUT2D eigenvalue weighted by Gasteiger charge is 2.50.